The summed E-state index contributed by atoms with van der Waals surface area (Å²) < 4.78 is 0. The molecule has 4 heteroatoms. The Kier molecular flexibility index (Phi) is 1.32. The van der Waals surface area contributed by atoms with Gasteiger partial charge in [0.25, 0.3) is 0 Å². The second-order valence-corrected chi connectivity index (χ2v) is 3.92. The van der Waals surface area contributed by atoms with E-state index < -0.39 is 0 Å². The highest BCUT2D eigenvalue weighted by atomic mass is 15.5. The first kappa shape index (κ1) is 6.71. The number of piperazine rings is 1. The molecule has 0 aliphatic carbocycles. The van der Waals surface area contributed by atoms with Crippen molar-refractivity contribution in [1.29, 1.82) is 0 Å². The summed E-state index contributed by atoms with van der Waals surface area (Å²) in [6.07, 6.45) is 6.36. The molecule has 12 heavy (non-hydrogen) atoms. The van der Waals surface area contributed by atoms with Crippen molar-refractivity contribution in [2.45, 2.75) is 37.5 Å². The summed E-state index contributed by atoms with van der Waals surface area (Å²) in [6.45, 7) is 1.12. The van der Waals surface area contributed by atoms with Gasteiger partial charge in [-0.15, -0.1) is 0 Å². The van der Waals surface area contributed by atoms with Crippen LogP contribution in [-0.4, -0.2) is 36.0 Å². The summed E-state index contributed by atoms with van der Waals surface area (Å²) >= 11 is 0. The lowest BCUT2D eigenvalue weighted by Gasteiger charge is -2.44. The number of hydrazone groups is 1. The molecule has 0 radical (unpaired) electrons. The molecule has 0 aromatic carbocycles. The highest BCUT2D eigenvalue weighted by Crippen LogP contribution is 2.23. The Morgan fingerprint density at radius 2 is 2.42 bits per heavy atom. The van der Waals surface area contributed by atoms with Crippen LogP contribution in [0.25, 0.3) is 0 Å². The molecule has 4 nitrogen and oxygen atoms in total. The van der Waals surface area contributed by atoms with Crippen LogP contribution in [0.3, 0.4) is 0 Å². The number of hydrogen-bond donors (Lipinski definition) is 2. The van der Waals surface area contributed by atoms with Gasteiger partial charge < -0.3 is 10.2 Å². The van der Waals surface area contributed by atoms with Gasteiger partial charge >= 0.3 is 0 Å². The molecular weight excluding hydrogens is 152 g/mol. The van der Waals surface area contributed by atoms with Gasteiger partial charge in [0.15, 0.2) is 0 Å². The highest BCUT2D eigenvalue weighted by Gasteiger charge is 2.38. The van der Waals surface area contributed by atoms with Crippen molar-refractivity contribution in [3.63, 3.8) is 0 Å². The molecule has 3 atom stereocenters. The zero-order chi connectivity index (χ0) is 7.97. The summed E-state index contributed by atoms with van der Waals surface area (Å²) in [6, 6.07) is 1.31. The van der Waals surface area contributed by atoms with Gasteiger partial charge in [-0.1, -0.05) is 6.42 Å². The first-order chi connectivity index (χ1) is 5.93. The van der Waals surface area contributed by atoms with Gasteiger partial charge in [0.2, 0.25) is 0 Å². The van der Waals surface area contributed by atoms with Gasteiger partial charge in [0.05, 0.1) is 0 Å². The molecule has 66 valence electrons. The predicted molar refractivity (Wildman–Crippen MR) is 46.7 cm³/mol. The Morgan fingerprint density at radius 1 is 1.42 bits per heavy atom. The first-order valence-electron chi connectivity index (χ1n) is 4.74. The maximum Gasteiger partial charge on any atom is 0.131 e. The van der Waals surface area contributed by atoms with E-state index in [9.17, 15) is 0 Å². The molecule has 3 aliphatic heterocycles. The topological polar surface area (TPSA) is 39.7 Å². The third-order valence-electron chi connectivity index (χ3n) is 3.10. The Labute approximate surface area is 72.0 Å². The van der Waals surface area contributed by atoms with Crippen molar-refractivity contribution in [2.75, 3.05) is 6.54 Å². The van der Waals surface area contributed by atoms with Crippen LogP contribution >= 0.6 is 0 Å². The van der Waals surface area contributed by atoms with E-state index in [1.807, 2.05) is 6.34 Å². The lowest BCUT2D eigenvalue weighted by Crippen LogP contribution is -2.65. The van der Waals surface area contributed by atoms with Crippen LogP contribution in [0.5, 0.6) is 0 Å². The minimum absolute atomic E-state index is 0.432. The van der Waals surface area contributed by atoms with Gasteiger partial charge in [0.1, 0.15) is 12.5 Å². The average Bonchev–Trinajstić information content (AvgIpc) is 2.53. The minimum Gasteiger partial charge on any atom is -0.337 e. The standard InChI is InChI=1S/C8H14N4/c1-2-6-4-12-5-9-11-8(12)7(3-1)10-6/h5-8,10-11H,1-4H2. The Hall–Kier alpha value is -0.770. The summed E-state index contributed by atoms with van der Waals surface area (Å²) in [5, 5.41) is 7.74. The number of nitrogens with one attached hydrogen (secondary N) is 2. The van der Waals surface area contributed by atoms with Gasteiger partial charge in [-0.25, -0.2) is 0 Å². The highest BCUT2D eigenvalue weighted by molar-refractivity contribution is 5.57. The molecule has 0 saturated carbocycles. The van der Waals surface area contributed by atoms with Crippen LogP contribution in [0.2, 0.25) is 0 Å². The van der Waals surface area contributed by atoms with Crippen LogP contribution in [0, 0.1) is 0 Å². The molecule has 0 spiro atoms. The SMILES string of the molecule is C1=NNC2C3CCCC(CN12)N3. The fourth-order valence-corrected chi connectivity index (χ4v) is 2.51. The van der Waals surface area contributed by atoms with E-state index in [-0.39, 0.29) is 0 Å². The minimum atomic E-state index is 0.432. The van der Waals surface area contributed by atoms with Gasteiger partial charge in [-0.3, -0.25) is 5.43 Å². The average molecular weight is 166 g/mol. The zero-order valence-electron chi connectivity index (χ0n) is 7.03. The molecule has 0 aromatic heterocycles. The van der Waals surface area contributed by atoms with E-state index in [1.54, 1.807) is 0 Å². The predicted octanol–water partition coefficient (Wildman–Crippen LogP) is -0.315. The zero-order valence-corrected chi connectivity index (χ0v) is 7.03. The van der Waals surface area contributed by atoms with E-state index in [4.69, 9.17) is 0 Å². The van der Waals surface area contributed by atoms with Crippen LogP contribution < -0.4 is 10.7 Å². The molecule has 3 aliphatic rings. The van der Waals surface area contributed by atoms with E-state index in [0.29, 0.717) is 18.2 Å². The fraction of sp³-hybridized carbons (Fsp3) is 0.875. The van der Waals surface area contributed by atoms with Crippen molar-refractivity contribution < 1.29 is 0 Å². The maximum absolute atomic E-state index is 4.10. The monoisotopic (exact) mass is 166 g/mol. The third-order valence-corrected chi connectivity index (χ3v) is 3.10. The largest absolute Gasteiger partial charge is 0.337 e. The second-order valence-electron chi connectivity index (χ2n) is 3.92. The quantitative estimate of drug-likeness (QED) is 0.518. The fourth-order valence-electron chi connectivity index (χ4n) is 2.51. The van der Waals surface area contributed by atoms with E-state index in [0.717, 1.165) is 6.54 Å². The number of fused-ring (bicyclic) bond motifs is 4. The van der Waals surface area contributed by atoms with Crippen LogP contribution in [-0.2, 0) is 0 Å². The van der Waals surface area contributed by atoms with Crippen molar-refractivity contribution in [2.24, 2.45) is 5.10 Å². The smallest absolute Gasteiger partial charge is 0.131 e. The molecule has 0 aromatic rings. The molecule has 2 N–H and O–H groups in total. The number of piperidine rings is 1. The second kappa shape index (κ2) is 2.36. The lowest BCUT2D eigenvalue weighted by atomic mass is 9.92. The molecule has 2 fully saturated rings. The van der Waals surface area contributed by atoms with Crippen molar-refractivity contribution >= 4 is 6.34 Å². The Morgan fingerprint density at radius 3 is 3.42 bits per heavy atom. The van der Waals surface area contributed by atoms with Crippen molar-refractivity contribution in [3.8, 4) is 0 Å². The summed E-state index contributed by atoms with van der Waals surface area (Å²) in [4.78, 5) is 2.32. The maximum atomic E-state index is 4.10. The van der Waals surface area contributed by atoms with E-state index in [2.05, 4.69) is 20.7 Å². The van der Waals surface area contributed by atoms with Crippen LogP contribution in [0.15, 0.2) is 5.10 Å². The van der Waals surface area contributed by atoms with Crippen LogP contribution in [0.1, 0.15) is 19.3 Å². The summed E-state index contributed by atoms with van der Waals surface area (Å²) in [7, 11) is 0. The third kappa shape index (κ3) is 0.843. The molecule has 3 unspecified atom stereocenters. The van der Waals surface area contributed by atoms with Gasteiger partial charge in [-0.05, 0) is 12.8 Å². The van der Waals surface area contributed by atoms with E-state index in [1.165, 1.54) is 19.3 Å². The van der Waals surface area contributed by atoms with Crippen molar-refractivity contribution in [3.05, 3.63) is 0 Å². The van der Waals surface area contributed by atoms with E-state index >= 15 is 0 Å². The first-order valence-corrected chi connectivity index (χ1v) is 4.74. The Bertz CT molecular complexity index is 215. The van der Waals surface area contributed by atoms with Gasteiger partial charge in [0, 0.05) is 18.6 Å². The molecule has 0 amide bonds. The molecule has 3 rings (SSSR count). The normalized spacial score (nSPS) is 44.0. The summed E-state index contributed by atoms with van der Waals surface area (Å²) in [5.74, 6) is 0. The van der Waals surface area contributed by atoms with Crippen molar-refractivity contribution in [1.82, 2.24) is 15.6 Å². The lowest BCUT2D eigenvalue weighted by molar-refractivity contribution is 0.115. The summed E-state index contributed by atoms with van der Waals surface area (Å²) in [5.41, 5.74) is 3.15. The number of rotatable bonds is 0. The molecular formula is C8H14N4. The van der Waals surface area contributed by atoms with Gasteiger partial charge in [-0.2, -0.15) is 5.10 Å². The number of hydrogen-bond acceptors (Lipinski definition) is 4. The molecule has 3 heterocycles. The Balaban J connectivity index is 1.83. The van der Waals surface area contributed by atoms with Crippen LogP contribution in [0.4, 0.5) is 0 Å². The number of nitrogens with zero attached hydrogens (tertiary/aromatic N) is 2. The molecule has 2 bridgehead atoms. The molecule has 2 saturated heterocycles.